The van der Waals surface area contributed by atoms with Crippen molar-refractivity contribution >= 4 is 17.5 Å². The number of hydrogen-bond donors (Lipinski definition) is 0. The van der Waals surface area contributed by atoms with Crippen LogP contribution in [-0.2, 0) is 9.63 Å². The highest BCUT2D eigenvalue weighted by atomic mass is 35.5. The summed E-state index contributed by atoms with van der Waals surface area (Å²) >= 11 is 5.82. The Morgan fingerprint density at radius 1 is 1.53 bits per heavy atom. The molecule has 0 aromatic heterocycles. The molecule has 1 aromatic rings. The fourth-order valence-electron chi connectivity index (χ4n) is 1.46. The fraction of sp³-hybridized carbons (Fsp3) is 0.364. The SMILES string of the molecule is CON(C)C(=O)C1COc2cc(Cl)ccc2O1. The molecule has 0 bridgehead atoms. The smallest absolute Gasteiger partial charge is 0.290 e. The summed E-state index contributed by atoms with van der Waals surface area (Å²) in [6.45, 7) is 0.139. The van der Waals surface area contributed by atoms with Crippen LogP contribution in [0.15, 0.2) is 18.2 Å². The molecule has 1 amide bonds. The maximum Gasteiger partial charge on any atom is 0.290 e. The van der Waals surface area contributed by atoms with Gasteiger partial charge in [-0.1, -0.05) is 11.6 Å². The molecule has 1 atom stereocenters. The van der Waals surface area contributed by atoms with Crippen molar-refractivity contribution in [2.45, 2.75) is 6.10 Å². The average molecular weight is 258 g/mol. The molecule has 0 saturated heterocycles. The zero-order chi connectivity index (χ0) is 12.4. The normalized spacial score (nSPS) is 17.7. The second kappa shape index (κ2) is 4.81. The lowest BCUT2D eigenvalue weighted by molar-refractivity contribution is -0.178. The number of fused-ring (bicyclic) bond motifs is 1. The lowest BCUT2D eigenvalue weighted by Crippen LogP contribution is -2.44. The highest BCUT2D eigenvalue weighted by molar-refractivity contribution is 6.30. The second-order valence-electron chi connectivity index (χ2n) is 3.53. The molecule has 0 N–H and O–H groups in total. The van der Waals surface area contributed by atoms with Crippen LogP contribution in [0.25, 0.3) is 0 Å². The largest absolute Gasteiger partial charge is 0.485 e. The van der Waals surface area contributed by atoms with Crippen LogP contribution in [0.5, 0.6) is 11.5 Å². The average Bonchev–Trinajstić information content (AvgIpc) is 2.36. The molecule has 1 unspecified atom stereocenters. The third-order valence-electron chi connectivity index (χ3n) is 2.42. The molecule has 2 rings (SSSR count). The van der Waals surface area contributed by atoms with Gasteiger partial charge in [0.2, 0.25) is 6.10 Å². The van der Waals surface area contributed by atoms with Gasteiger partial charge in [-0.25, -0.2) is 5.06 Å². The van der Waals surface area contributed by atoms with Gasteiger partial charge in [-0.3, -0.25) is 9.63 Å². The second-order valence-corrected chi connectivity index (χ2v) is 3.96. The highest BCUT2D eigenvalue weighted by Crippen LogP contribution is 2.34. The van der Waals surface area contributed by atoms with Crippen molar-refractivity contribution in [3.05, 3.63) is 23.2 Å². The van der Waals surface area contributed by atoms with Gasteiger partial charge in [-0.15, -0.1) is 0 Å². The minimum absolute atomic E-state index is 0.139. The van der Waals surface area contributed by atoms with Crippen LogP contribution in [-0.4, -0.2) is 37.8 Å². The fourth-order valence-corrected chi connectivity index (χ4v) is 1.62. The van der Waals surface area contributed by atoms with E-state index in [-0.39, 0.29) is 12.5 Å². The molecule has 0 aliphatic carbocycles. The van der Waals surface area contributed by atoms with Crippen LogP contribution in [0, 0.1) is 0 Å². The molecular formula is C11H12ClNO4. The van der Waals surface area contributed by atoms with Crippen molar-refractivity contribution in [3.63, 3.8) is 0 Å². The standard InChI is InChI=1S/C11H12ClNO4/c1-13(15-2)11(14)10-6-16-9-5-7(12)3-4-8(9)17-10/h3-5,10H,6H2,1-2H3. The van der Waals surface area contributed by atoms with Crippen LogP contribution in [0.1, 0.15) is 0 Å². The number of carbonyl (C=O) groups is 1. The van der Waals surface area contributed by atoms with Gasteiger partial charge in [0.05, 0.1) is 7.11 Å². The third-order valence-corrected chi connectivity index (χ3v) is 2.66. The quantitative estimate of drug-likeness (QED) is 0.754. The van der Waals surface area contributed by atoms with E-state index in [1.807, 2.05) is 0 Å². The number of likely N-dealkylation sites (N-methyl/N-ethyl adjacent to an activating group) is 1. The third kappa shape index (κ3) is 2.45. The topological polar surface area (TPSA) is 48.0 Å². The first-order chi connectivity index (χ1) is 8.11. The lowest BCUT2D eigenvalue weighted by Gasteiger charge is -2.27. The summed E-state index contributed by atoms with van der Waals surface area (Å²) in [6.07, 6.45) is -0.700. The summed E-state index contributed by atoms with van der Waals surface area (Å²) in [7, 11) is 2.93. The first-order valence-electron chi connectivity index (χ1n) is 5.02. The Morgan fingerprint density at radius 3 is 3.00 bits per heavy atom. The first kappa shape index (κ1) is 12.0. The summed E-state index contributed by atoms with van der Waals surface area (Å²) in [5.74, 6) is 0.748. The summed E-state index contributed by atoms with van der Waals surface area (Å²) in [5, 5.41) is 1.67. The maximum absolute atomic E-state index is 11.8. The molecule has 1 aromatic carbocycles. The van der Waals surface area contributed by atoms with Gasteiger partial charge in [0.1, 0.15) is 6.61 Å². The van der Waals surface area contributed by atoms with Crippen molar-refractivity contribution in [2.75, 3.05) is 20.8 Å². The monoisotopic (exact) mass is 257 g/mol. The van der Waals surface area contributed by atoms with E-state index in [1.54, 1.807) is 18.2 Å². The zero-order valence-electron chi connectivity index (χ0n) is 9.47. The number of hydrogen-bond acceptors (Lipinski definition) is 4. The molecule has 17 heavy (non-hydrogen) atoms. The predicted octanol–water partition coefficient (Wildman–Crippen LogP) is 1.50. The van der Waals surface area contributed by atoms with E-state index in [4.69, 9.17) is 25.9 Å². The molecule has 1 aliphatic heterocycles. The molecule has 1 heterocycles. The van der Waals surface area contributed by atoms with Crippen molar-refractivity contribution < 1.29 is 19.1 Å². The molecule has 0 saturated carbocycles. The lowest BCUT2D eigenvalue weighted by atomic mass is 10.2. The van der Waals surface area contributed by atoms with Crippen molar-refractivity contribution in [1.82, 2.24) is 5.06 Å². The van der Waals surface area contributed by atoms with E-state index in [9.17, 15) is 4.79 Å². The minimum atomic E-state index is -0.700. The van der Waals surface area contributed by atoms with Gasteiger partial charge in [-0.05, 0) is 12.1 Å². The maximum atomic E-state index is 11.8. The number of nitrogens with zero attached hydrogens (tertiary/aromatic N) is 1. The van der Waals surface area contributed by atoms with Crippen molar-refractivity contribution in [3.8, 4) is 11.5 Å². The Labute approximate surface area is 104 Å². The Hall–Kier alpha value is -1.46. The Kier molecular flexibility index (Phi) is 3.40. The van der Waals surface area contributed by atoms with Gasteiger partial charge < -0.3 is 9.47 Å². The Balaban J connectivity index is 2.13. The minimum Gasteiger partial charge on any atom is -0.485 e. The van der Waals surface area contributed by atoms with Gasteiger partial charge in [0.25, 0.3) is 5.91 Å². The number of hydroxylamine groups is 2. The summed E-state index contributed by atoms with van der Waals surface area (Å²) in [4.78, 5) is 16.6. The Morgan fingerprint density at radius 2 is 2.29 bits per heavy atom. The van der Waals surface area contributed by atoms with Gasteiger partial charge >= 0.3 is 0 Å². The number of amides is 1. The molecule has 5 nitrogen and oxygen atoms in total. The molecular weight excluding hydrogens is 246 g/mol. The van der Waals surface area contributed by atoms with Crippen LogP contribution < -0.4 is 9.47 Å². The van der Waals surface area contributed by atoms with E-state index < -0.39 is 6.10 Å². The number of halogens is 1. The molecule has 0 radical (unpaired) electrons. The number of benzene rings is 1. The van der Waals surface area contributed by atoms with Gasteiger partial charge in [0, 0.05) is 18.1 Å². The van der Waals surface area contributed by atoms with E-state index in [1.165, 1.54) is 14.2 Å². The van der Waals surface area contributed by atoms with Crippen molar-refractivity contribution in [2.24, 2.45) is 0 Å². The summed E-state index contributed by atoms with van der Waals surface area (Å²) in [6, 6.07) is 5.00. The van der Waals surface area contributed by atoms with E-state index in [2.05, 4.69) is 0 Å². The molecule has 6 heteroatoms. The predicted molar refractivity (Wildman–Crippen MR) is 61.1 cm³/mol. The van der Waals surface area contributed by atoms with Crippen LogP contribution in [0.2, 0.25) is 5.02 Å². The van der Waals surface area contributed by atoms with Gasteiger partial charge in [0.15, 0.2) is 11.5 Å². The van der Waals surface area contributed by atoms with Crippen molar-refractivity contribution in [1.29, 1.82) is 0 Å². The number of ether oxygens (including phenoxy) is 2. The first-order valence-corrected chi connectivity index (χ1v) is 5.40. The van der Waals surface area contributed by atoms with E-state index in [0.29, 0.717) is 16.5 Å². The molecule has 0 fully saturated rings. The Bertz CT molecular complexity index is 437. The molecule has 0 spiro atoms. The summed E-state index contributed by atoms with van der Waals surface area (Å²) < 4.78 is 10.9. The van der Waals surface area contributed by atoms with Gasteiger partial charge in [-0.2, -0.15) is 0 Å². The molecule has 92 valence electrons. The van der Waals surface area contributed by atoms with Crippen LogP contribution >= 0.6 is 11.6 Å². The summed E-state index contributed by atoms with van der Waals surface area (Å²) in [5.41, 5.74) is 0. The van der Waals surface area contributed by atoms with Crippen LogP contribution in [0.4, 0.5) is 0 Å². The molecule has 1 aliphatic rings. The van der Waals surface area contributed by atoms with E-state index in [0.717, 1.165) is 5.06 Å². The zero-order valence-corrected chi connectivity index (χ0v) is 10.2. The van der Waals surface area contributed by atoms with Crippen LogP contribution in [0.3, 0.4) is 0 Å². The number of rotatable bonds is 2. The number of carbonyl (C=O) groups excluding carboxylic acids is 1. The highest BCUT2D eigenvalue weighted by Gasteiger charge is 2.30. The van der Waals surface area contributed by atoms with E-state index >= 15 is 0 Å².